The number of alkyl halides is 3. The van der Waals surface area contributed by atoms with E-state index in [0.29, 0.717) is 11.3 Å². The van der Waals surface area contributed by atoms with Crippen LogP contribution in [0.5, 0.6) is 5.75 Å². The summed E-state index contributed by atoms with van der Waals surface area (Å²) in [6.45, 7) is 0. The third kappa shape index (κ3) is 2.40. The Labute approximate surface area is 107 Å². The summed E-state index contributed by atoms with van der Waals surface area (Å²) < 4.78 is 43.0. The van der Waals surface area contributed by atoms with Gasteiger partial charge in [-0.2, -0.15) is 18.4 Å². The zero-order valence-corrected chi connectivity index (χ0v) is 9.88. The van der Waals surface area contributed by atoms with E-state index in [1.54, 1.807) is 30.3 Å². The van der Waals surface area contributed by atoms with Gasteiger partial charge in [0, 0.05) is 6.20 Å². The molecule has 0 aliphatic carbocycles. The van der Waals surface area contributed by atoms with Gasteiger partial charge in [-0.1, -0.05) is 0 Å². The molecule has 0 unspecified atom stereocenters. The molecule has 0 amide bonds. The predicted molar refractivity (Wildman–Crippen MR) is 62.5 cm³/mol. The summed E-state index contributed by atoms with van der Waals surface area (Å²) in [5, 5.41) is 8.92. The third-order valence-corrected chi connectivity index (χ3v) is 2.68. The molecule has 0 fully saturated rings. The molecule has 1 aromatic carbocycles. The number of methoxy groups -OCH3 is 1. The average Bonchev–Trinajstić information content (AvgIpc) is 2.82. The number of H-pyrrole nitrogens is 1. The van der Waals surface area contributed by atoms with Crippen LogP contribution < -0.4 is 4.74 Å². The minimum Gasteiger partial charge on any atom is -0.497 e. The SMILES string of the molecule is COc1ccc(-c2[nH]cc(C(F)(F)F)c2C#N)cc1. The lowest BCUT2D eigenvalue weighted by molar-refractivity contribution is -0.137. The Hall–Kier alpha value is -2.42. The molecule has 2 rings (SSSR count). The summed E-state index contributed by atoms with van der Waals surface area (Å²) in [7, 11) is 1.49. The van der Waals surface area contributed by atoms with Gasteiger partial charge in [-0.25, -0.2) is 0 Å². The Morgan fingerprint density at radius 1 is 1.21 bits per heavy atom. The van der Waals surface area contributed by atoms with Gasteiger partial charge in [-0.05, 0) is 29.8 Å². The van der Waals surface area contributed by atoms with E-state index in [4.69, 9.17) is 10.00 Å². The lowest BCUT2D eigenvalue weighted by Crippen LogP contribution is -2.05. The van der Waals surface area contributed by atoms with Gasteiger partial charge in [0.1, 0.15) is 11.8 Å². The predicted octanol–water partition coefficient (Wildman–Crippen LogP) is 3.58. The summed E-state index contributed by atoms with van der Waals surface area (Å²) in [5.74, 6) is 0.588. The second-order valence-corrected chi connectivity index (χ2v) is 3.79. The second-order valence-electron chi connectivity index (χ2n) is 3.79. The Morgan fingerprint density at radius 3 is 2.32 bits per heavy atom. The van der Waals surface area contributed by atoms with E-state index >= 15 is 0 Å². The number of halogens is 3. The van der Waals surface area contributed by atoms with Crippen molar-refractivity contribution in [1.29, 1.82) is 5.26 Å². The highest BCUT2D eigenvalue weighted by Gasteiger charge is 2.36. The van der Waals surface area contributed by atoms with Crippen LogP contribution in [0.4, 0.5) is 13.2 Å². The van der Waals surface area contributed by atoms with Gasteiger partial charge < -0.3 is 9.72 Å². The topological polar surface area (TPSA) is 48.8 Å². The minimum atomic E-state index is -4.55. The fourth-order valence-electron chi connectivity index (χ4n) is 1.75. The number of ether oxygens (including phenoxy) is 1. The van der Waals surface area contributed by atoms with Gasteiger partial charge >= 0.3 is 6.18 Å². The molecule has 1 aromatic heterocycles. The van der Waals surface area contributed by atoms with E-state index in [9.17, 15) is 13.2 Å². The number of nitrogens with one attached hydrogen (secondary N) is 1. The second kappa shape index (κ2) is 4.69. The van der Waals surface area contributed by atoms with Crippen molar-refractivity contribution in [2.45, 2.75) is 6.18 Å². The van der Waals surface area contributed by atoms with Crippen LogP contribution in [-0.4, -0.2) is 12.1 Å². The summed E-state index contributed by atoms with van der Waals surface area (Å²) in [5.41, 5.74) is -0.719. The molecule has 0 radical (unpaired) electrons. The van der Waals surface area contributed by atoms with E-state index < -0.39 is 17.3 Å². The number of nitriles is 1. The third-order valence-electron chi connectivity index (χ3n) is 2.68. The van der Waals surface area contributed by atoms with E-state index in [1.165, 1.54) is 7.11 Å². The van der Waals surface area contributed by atoms with E-state index in [-0.39, 0.29) is 5.69 Å². The van der Waals surface area contributed by atoms with E-state index in [1.807, 2.05) is 0 Å². The number of benzene rings is 1. The first-order valence-corrected chi connectivity index (χ1v) is 5.30. The molecule has 6 heteroatoms. The molecule has 0 aliphatic rings. The number of aromatic nitrogens is 1. The molecular formula is C13H9F3N2O. The molecule has 1 heterocycles. The largest absolute Gasteiger partial charge is 0.497 e. The number of aromatic amines is 1. The number of hydrogen-bond acceptors (Lipinski definition) is 2. The maximum Gasteiger partial charge on any atom is 0.419 e. The van der Waals surface area contributed by atoms with Crippen LogP contribution in [0, 0.1) is 11.3 Å². The first-order valence-electron chi connectivity index (χ1n) is 5.30. The van der Waals surface area contributed by atoms with Crippen LogP contribution in [0.2, 0.25) is 0 Å². The fraction of sp³-hybridized carbons (Fsp3) is 0.154. The Kier molecular flexibility index (Phi) is 3.21. The van der Waals surface area contributed by atoms with Gasteiger partial charge in [-0.15, -0.1) is 0 Å². The van der Waals surface area contributed by atoms with Crippen LogP contribution in [0.1, 0.15) is 11.1 Å². The highest BCUT2D eigenvalue weighted by atomic mass is 19.4. The van der Waals surface area contributed by atoms with Crippen LogP contribution in [0.15, 0.2) is 30.5 Å². The van der Waals surface area contributed by atoms with Crippen molar-refractivity contribution < 1.29 is 17.9 Å². The van der Waals surface area contributed by atoms with Crippen molar-refractivity contribution in [2.75, 3.05) is 7.11 Å². The van der Waals surface area contributed by atoms with Crippen molar-refractivity contribution >= 4 is 0 Å². The highest BCUT2D eigenvalue weighted by molar-refractivity contribution is 5.69. The van der Waals surface area contributed by atoms with Crippen molar-refractivity contribution in [2.24, 2.45) is 0 Å². The van der Waals surface area contributed by atoms with Gasteiger partial charge in [-0.3, -0.25) is 0 Å². The lowest BCUT2D eigenvalue weighted by Gasteiger charge is -2.05. The lowest BCUT2D eigenvalue weighted by atomic mass is 10.1. The molecule has 0 atom stereocenters. The Balaban J connectivity index is 2.51. The van der Waals surface area contributed by atoms with Crippen molar-refractivity contribution in [3.8, 4) is 23.1 Å². The molecule has 0 spiro atoms. The molecule has 0 bridgehead atoms. The average molecular weight is 266 g/mol. The van der Waals surface area contributed by atoms with Crippen molar-refractivity contribution in [1.82, 2.24) is 4.98 Å². The molecule has 98 valence electrons. The summed E-state index contributed by atoms with van der Waals surface area (Å²) >= 11 is 0. The molecular weight excluding hydrogens is 257 g/mol. The first-order chi connectivity index (χ1) is 8.97. The minimum absolute atomic E-state index is 0.150. The smallest absolute Gasteiger partial charge is 0.419 e. The molecule has 19 heavy (non-hydrogen) atoms. The maximum absolute atomic E-state index is 12.7. The van der Waals surface area contributed by atoms with Gasteiger partial charge in [0.25, 0.3) is 0 Å². The molecule has 1 N–H and O–H groups in total. The Bertz CT molecular complexity index is 621. The van der Waals surface area contributed by atoms with E-state index in [2.05, 4.69) is 4.98 Å². The molecule has 0 saturated carbocycles. The van der Waals surface area contributed by atoms with Gasteiger partial charge in [0.05, 0.1) is 23.9 Å². The van der Waals surface area contributed by atoms with Crippen molar-refractivity contribution in [3.63, 3.8) is 0 Å². The summed E-state index contributed by atoms with van der Waals surface area (Å²) in [4.78, 5) is 2.50. The number of hydrogen-bond donors (Lipinski definition) is 1. The highest BCUT2D eigenvalue weighted by Crippen LogP contribution is 2.36. The van der Waals surface area contributed by atoms with Crippen LogP contribution in [0.25, 0.3) is 11.3 Å². The Morgan fingerprint density at radius 2 is 1.84 bits per heavy atom. The van der Waals surface area contributed by atoms with Crippen LogP contribution in [0.3, 0.4) is 0 Å². The monoisotopic (exact) mass is 266 g/mol. The summed E-state index contributed by atoms with van der Waals surface area (Å²) in [6.07, 6.45) is -3.75. The molecule has 0 aliphatic heterocycles. The molecule has 0 saturated heterocycles. The molecule has 3 nitrogen and oxygen atoms in total. The van der Waals surface area contributed by atoms with Crippen LogP contribution >= 0.6 is 0 Å². The fourth-order valence-corrected chi connectivity index (χ4v) is 1.75. The number of rotatable bonds is 2. The normalized spacial score (nSPS) is 11.1. The number of nitrogens with zero attached hydrogens (tertiary/aromatic N) is 1. The van der Waals surface area contributed by atoms with Gasteiger partial charge in [0.2, 0.25) is 0 Å². The van der Waals surface area contributed by atoms with E-state index in [0.717, 1.165) is 6.20 Å². The summed E-state index contributed by atoms with van der Waals surface area (Å²) in [6, 6.07) is 8.00. The van der Waals surface area contributed by atoms with Crippen LogP contribution in [-0.2, 0) is 6.18 Å². The van der Waals surface area contributed by atoms with Crippen molar-refractivity contribution in [3.05, 3.63) is 41.6 Å². The quantitative estimate of drug-likeness (QED) is 0.903. The zero-order chi connectivity index (χ0) is 14.0. The first kappa shape index (κ1) is 13.0. The van der Waals surface area contributed by atoms with Gasteiger partial charge in [0.15, 0.2) is 0 Å². The standard InChI is InChI=1S/C13H9F3N2O/c1-19-9-4-2-8(3-5-9)12-10(6-17)11(7-18-12)13(14,15)16/h2-5,7,18H,1H3. The molecule has 2 aromatic rings. The maximum atomic E-state index is 12.7. The zero-order valence-electron chi connectivity index (χ0n) is 9.88.